The van der Waals surface area contributed by atoms with E-state index in [2.05, 4.69) is 42.6 Å². The zero-order valence-electron chi connectivity index (χ0n) is 13.4. The summed E-state index contributed by atoms with van der Waals surface area (Å²) in [7, 11) is 0. The first-order valence-electron chi connectivity index (χ1n) is 8.27. The van der Waals surface area contributed by atoms with Crippen molar-refractivity contribution in [2.75, 3.05) is 13.1 Å². The highest BCUT2D eigenvalue weighted by molar-refractivity contribution is 7.13. The SMILES string of the molecule is OC(c1ncc[nH]1)C1CCN(Cc2cn[nH]c2-c2cccs2)CC1. The molecule has 3 aromatic rings. The maximum atomic E-state index is 10.4. The minimum absolute atomic E-state index is 0.272. The first-order chi connectivity index (χ1) is 11.8. The van der Waals surface area contributed by atoms with Crippen molar-refractivity contribution in [3.63, 3.8) is 0 Å². The summed E-state index contributed by atoms with van der Waals surface area (Å²) < 4.78 is 0. The number of hydrogen-bond acceptors (Lipinski definition) is 5. The number of aromatic amines is 2. The van der Waals surface area contributed by atoms with Crippen LogP contribution in [0.5, 0.6) is 0 Å². The van der Waals surface area contributed by atoms with E-state index in [9.17, 15) is 5.11 Å². The van der Waals surface area contributed by atoms with E-state index >= 15 is 0 Å². The van der Waals surface area contributed by atoms with Crippen molar-refractivity contribution in [3.8, 4) is 10.6 Å². The highest BCUT2D eigenvalue weighted by atomic mass is 32.1. The van der Waals surface area contributed by atoms with Crippen LogP contribution in [0.1, 0.15) is 30.3 Å². The van der Waals surface area contributed by atoms with Gasteiger partial charge in [-0.25, -0.2) is 4.98 Å². The fourth-order valence-electron chi connectivity index (χ4n) is 3.40. The fourth-order valence-corrected chi connectivity index (χ4v) is 4.15. The van der Waals surface area contributed by atoms with Gasteiger partial charge in [-0.2, -0.15) is 5.10 Å². The second-order valence-corrected chi connectivity index (χ2v) is 7.23. The highest BCUT2D eigenvalue weighted by Crippen LogP contribution is 2.31. The maximum Gasteiger partial charge on any atom is 0.135 e. The van der Waals surface area contributed by atoms with E-state index < -0.39 is 6.10 Å². The molecule has 126 valence electrons. The Labute approximate surface area is 144 Å². The Morgan fingerprint density at radius 2 is 2.25 bits per heavy atom. The number of nitrogens with one attached hydrogen (secondary N) is 2. The van der Waals surface area contributed by atoms with Crippen LogP contribution in [0.15, 0.2) is 36.1 Å². The van der Waals surface area contributed by atoms with Crippen molar-refractivity contribution in [3.05, 3.63) is 47.5 Å². The van der Waals surface area contributed by atoms with Crippen molar-refractivity contribution in [1.29, 1.82) is 0 Å². The molecule has 0 spiro atoms. The van der Waals surface area contributed by atoms with E-state index in [1.54, 1.807) is 23.7 Å². The Morgan fingerprint density at radius 3 is 2.96 bits per heavy atom. The predicted molar refractivity (Wildman–Crippen MR) is 93.4 cm³/mol. The summed E-state index contributed by atoms with van der Waals surface area (Å²) in [6.07, 6.45) is 6.86. The lowest BCUT2D eigenvalue weighted by Gasteiger charge is -2.33. The van der Waals surface area contributed by atoms with Gasteiger partial charge in [0.1, 0.15) is 11.9 Å². The summed E-state index contributed by atoms with van der Waals surface area (Å²) in [5.74, 6) is 0.955. The smallest absolute Gasteiger partial charge is 0.135 e. The van der Waals surface area contributed by atoms with Crippen LogP contribution in [0.2, 0.25) is 0 Å². The third-order valence-electron chi connectivity index (χ3n) is 4.76. The Balaban J connectivity index is 1.37. The molecular formula is C17H21N5OS. The van der Waals surface area contributed by atoms with E-state index in [0.29, 0.717) is 5.82 Å². The minimum Gasteiger partial charge on any atom is -0.385 e. The summed E-state index contributed by atoms with van der Waals surface area (Å²) in [4.78, 5) is 10.9. The largest absolute Gasteiger partial charge is 0.385 e. The van der Waals surface area contributed by atoms with Crippen LogP contribution in [0.4, 0.5) is 0 Å². The van der Waals surface area contributed by atoms with Crippen LogP contribution in [0, 0.1) is 5.92 Å². The average molecular weight is 343 g/mol. The summed E-state index contributed by atoms with van der Waals surface area (Å²) >= 11 is 1.73. The number of piperidine rings is 1. The number of nitrogens with zero attached hydrogens (tertiary/aromatic N) is 3. The molecule has 1 fully saturated rings. The molecule has 0 aliphatic carbocycles. The molecule has 0 amide bonds. The molecule has 0 aromatic carbocycles. The molecule has 6 nitrogen and oxygen atoms in total. The molecule has 1 aliphatic rings. The van der Waals surface area contributed by atoms with Crippen molar-refractivity contribution < 1.29 is 5.11 Å². The van der Waals surface area contributed by atoms with Gasteiger partial charge in [0.2, 0.25) is 0 Å². The lowest BCUT2D eigenvalue weighted by Crippen LogP contribution is -2.35. The van der Waals surface area contributed by atoms with Gasteiger partial charge in [0.05, 0.1) is 16.8 Å². The number of aromatic nitrogens is 4. The molecule has 4 rings (SSSR count). The molecule has 1 saturated heterocycles. The molecule has 3 N–H and O–H groups in total. The third kappa shape index (κ3) is 3.15. The minimum atomic E-state index is -0.488. The number of rotatable bonds is 5. The Hall–Kier alpha value is -1.96. The highest BCUT2D eigenvalue weighted by Gasteiger charge is 2.28. The van der Waals surface area contributed by atoms with E-state index in [1.165, 1.54) is 10.4 Å². The van der Waals surface area contributed by atoms with Gasteiger partial charge in [0, 0.05) is 24.5 Å². The molecule has 1 unspecified atom stereocenters. The van der Waals surface area contributed by atoms with Gasteiger partial charge in [0.15, 0.2) is 0 Å². The normalized spacial score (nSPS) is 18.0. The van der Waals surface area contributed by atoms with Gasteiger partial charge in [-0.3, -0.25) is 10.00 Å². The number of H-pyrrole nitrogens is 2. The average Bonchev–Trinajstić information content (AvgIpc) is 3.36. The number of imidazole rings is 1. The molecule has 0 radical (unpaired) electrons. The van der Waals surface area contributed by atoms with E-state index in [1.807, 2.05) is 6.20 Å². The summed E-state index contributed by atoms with van der Waals surface area (Å²) in [5, 5.41) is 19.9. The van der Waals surface area contributed by atoms with E-state index in [-0.39, 0.29) is 5.92 Å². The Bertz CT molecular complexity index is 744. The molecule has 0 bridgehead atoms. The summed E-state index contributed by atoms with van der Waals surface area (Å²) in [6, 6.07) is 4.18. The van der Waals surface area contributed by atoms with Gasteiger partial charge in [-0.05, 0) is 43.3 Å². The Kier molecular flexibility index (Phi) is 4.46. The summed E-state index contributed by atoms with van der Waals surface area (Å²) in [6.45, 7) is 2.86. The topological polar surface area (TPSA) is 80.8 Å². The van der Waals surface area contributed by atoms with Crippen LogP contribution in [0.25, 0.3) is 10.6 Å². The van der Waals surface area contributed by atoms with Gasteiger partial charge < -0.3 is 10.1 Å². The fraction of sp³-hybridized carbons (Fsp3) is 0.412. The molecule has 3 aromatic heterocycles. The second kappa shape index (κ2) is 6.88. The number of aliphatic hydroxyl groups is 1. The van der Waals surface area contributed by atoms with Gasteiger partial charge in [0.25, 0.3) is 0 Å². The summed E-state index contributed by atoms with van der Waals surface area (Å²) in [5.41, 5.74) is 2.37. The van der Waals surface area contributed by atoms with Crippen LogP contribution >= 0.6 is 11.3 Å². The third-order valence-corrected chi connectivity index (χ3v) is 5.65. The number of likely N-dealkylation sites (tertiary alicyclic amines) is 1. The lowest BCUT2D eigenvalue weighted by atomic mass is 9.90. The molecule has 24 heavy (non-hydrogen) atoms. The lowest BCUT2D eigenvalue weighted by molar-refractivity contribution is 0.0515. The molecule has 7 heteroatoms. The standard InChI is InChI=1S/C17H21N5OS/c23-16(17-18-5-6-19-17)12-3-7-22(8-4-12)11-13-10-20-21-15(13)14-2-1-9-24-14/h1-2,5-6,9-10,12,16,23H,3-4,7-8,11H2,(H,18,19)(H,20,21). The number of thiophene rings is 1. The first-order valence-corrected chi connectivity index (χ1v) is 9.15. The molecule has 1 aliphatic heterocycles. The van der Waals surface area contributed by atoms with E-state index in [0.717, 1.165) is 38.2 Å². The van der Waals surface area contributed by atoms with Crippen molar-refractivity contribution >= 4 is 11.3 Å². The van der Waals surface area contributed by atoms with Crippen LogP contribution in [0.3, 0.4) is 0 Å². The van der Waals surface area contributed by atoms with Crippen LogP contribution in [-0.2, 0) is 6.54 Å². The first kappa shape index (κ1) is 15.6. The monoisotopic (exact) mass is 343 g/mol. The quantitative estimate of drug-likeness (QED) is 0.665. The van der Waals surface area contributed by atoms with Crippen molar-refractivity contribution in [2.45, 2.75) is 25.5 Å². The second-order valence-electron chi connectivity index (χ2n) is 6.28. The van der Waals surface area contributed by atoms with Gasteiger partial charge >= 0.3 is 0 Å². The van der Waals surface area contributed by atoms with Gasteiger partial charge in [-0.15, -0.1) is 11.3 Å². The van der Waals surface area contributed by atoms with Crippen LogP contribution < -0.4 is 0 Å². The molecule has 0 saturated carbocycles. The molecular weight excluding hydrogens is 322 g/mol. The number of hydrogen-bond donors (Lipinski definition) is 3. The Morgan fingerprint density at radius 1 is 1.38 bits per heavy atom. The maximum absolute atomic E-state index is 10.4. The zero-order valence-corrected chi connectivity index (χ0v) is 14.2. The predicted octanol–water partition coefficient (Wildman–Crippen LogP) is 2.81. The zero-order chi connectivity index (χ0) is 16.4. The van der Waals surface area contributed by atoms with Gasteiger partial charge in [-0.1, -0.05) is 6.07 Å². The van der Waals surface area contributed by atoms with Crippen LogP contribution in [-0.4, -0.2) is 43.3 Å². The van der Waals surface area contributed by atoms with Crippen molar-refractivity contribution in [1.82, 2.24) is 25.1 Å². The molecule has 4 heterocycles. The van der Waals surface area contributed by atoms with E-state index in [4.69, 9.17) is 0 Å². The van der Waals surface area contributed by atoms with Crippen molar-refractivity contribution in [2.24, 2.45) is 5.92 Å². The number of aliphatic hydroxyl groups excluding tert-OH is 1. The molecule has 1 atom stereocenters.